The maximum Gasteiger partial charge on any atom is 0.225 e. The second kappa shape index (κ2) is 4.30. The van der Waals surface area contributed by atoms with Crippen molar-refractivity contribution in [3.05, 3.63) is 0 Å². The van der Waals surface area contributed by atoms with Gasteiger partial charge in [-0.15, -0.1) is 0 Å². The van der Waals surface area contributed by atoms with Crippen LogP contribution in [-0.2, 0) is 4.79 Å². The largest absolute Gasteiger partial charge is 0.342 e. The van der Waals surface area contributed by atoms with E-state index in [2.05, 4.69) is 13.8 Å². The Hall–Kier alpha value is -0.570. The number of rotatable bonds is 3. The van der Waals surface area contributed by atoms with Gasteiger partial charge in [0.25, 0.3) is 0 Å². The molecule has 1 aliphatic heterocycles. The number of nitrogens with two attached hydrogens (primary N) is 1. The summed E-state index contributed by atoms with van der Waals surface area (Å²) < 4.78 is 0. The number of hydrogen-bond acceptors (Lipinski definition) is 2. The van der Waals surface area contributed by atoms with Gasteiger partial charge in [-0.25, -0.2) is 0 Å². The molecule has 1 amide bonds. The summed E-state index contributed by atoms with van der Waals surface area (Å²) in [6.45, 7) is 8.83. The van der Waals surface area contributed by atoms with Gasteiger partial charge in [0.05, 0.1) is 0 Å². The molecular formula is C11H22N2O. The first kappa shape index (κ1) is 11.5. The summed E-state index contributed by atoms with van der Waals surface area (Å²) in [4.78, 5) is 13.9. The Kier molecular flexibility index (Phi) is 3.53. The van der Waals surface area contributed by atoms with E-state index in [1.165, 1.54) is 0 Å². The summed E-state index contributed by atoms with van der Waals surface area (Å²) in [7, 11) is 0. The molecule has 1 saturated heterocycles. The average molecular weight is 198 g/mol. The van der Waals surface area contributed by atoms with Crippen molar-refractivity contribution in [2.75, 3.05) is 19.6 Å². The summed E-state index contributed by atoms with van der Waals surface area (Å²) in [6.07, 6.45) is 1.92. The van der Waals surface area contributed by atoms with E-state index in [9.17, 15) is 4.79 Å². The van der Waals surface area contributed by atoms with E-state index < -0.39 is 0 Å². The third kappa shape index (κ3) is 2.71. The minimum Gasteiger partial charge on any atom is -0.342 e. The Morgan fingerprint density at radius 2 is 2.21 bits per heavy atom. The van der Waals surface area contributed by atoms with Crippen molar-refractivity contribution < 1.29 is 4.79 Å². The van der Waals surface area contributed by atoms with Crippen LogP contribution in [0.15, 0.2) is 0 Å². The summed E-state index contributed by atoms with van der Waals surface area (Å²) in [5, 5.41) is 0. The summed E-state index contributed by atoms with van der Waals surface area (Å²) in [5.74, 6) is 0.370. The molecule has 14 heavy (non-hydrogen) atoms. The van der Waals surface area contributed by atoms with Gasteiger partial charge >= 0.3 is 0 Å². The molecule has 3 nitrogen and oxygen atoms in total. The standard InChI is InChI=1S/C11H22N2O/c1-9(4-6-12)10(14)13-7-5-11(2,3)8-13/h9H,4-8,12H2,1-3H3. The number of nitrogens with zero attached hydrogens (tertiary/aromatic N) is 1. The van der Waals surface area contributed by atoms with E-state index in [4.69, 9.17) is 5.73 Å². The van der Waals surface area contributed by atoms with Gasteiger partial charge in [-0.1, -0.05) is 20.8 Å². The molecule has 0 bridgehead atoms. The molecule has 0 aromatic carbocycles. The van der Waals surface area contributed by atoms with E-state index in [-0.39, 0.29) is 11.8 Å². The highest BCUT2D eigenvalue weighted by atomic mass is 16.2. The first-order chi connectivity index (χ1) is 6.46. The lowest BCUT2D eigenvalue weighted by Crippen LogP contribution is -2.35. The predicted molar refractivity (Wildman–Crippen MR) is 57.8 cm³/mol. The maximum absolute atomic E-state index is 11.9. The lowest BCUT2D eigenvalue weighted by Gasteiger charge is -2.22. The minimum atomic E-state index is 0.0916. The highest BCUT2D eigenvalue weighted by molar-refractivity contribution is 5.78. The summed E-state index contributed by atoms with van der Waals surface area (Å²) in [5.41, 5.74) is 5.75. The van der Waals surface area contributed by atoms with Crippen molar-refractivity contribution in [1.82, 2.24) is 4.90 Å². The summed E-state index contributed by atoms with van der Waals surface area (Å²) >= 11 is 0. The van der Waals surface area contributed by atoms with E-state index in [0.717, 1.165) is 25.9 Å². The molecule has 1 atom stereocenters. The molecule has 1 rings (SSSR count). The van der Waals surface area contributed by atoms with E-state index in [0.29, 0.717) is 12.0 Å². The molecule has 82 valence electrons. The van der Waals surface area contributed by atoms with Gasteiger partial charge in [-0.05, 0) is 24.8 Å². The van der Waals surface area contributed by atoms with E-state index in [1.807, 2.05) is 11.8 Å². The van der Waals surface area contributed by atoms with Crippen molar-refractivity contribution >= 4 is 5.91 Å². The van der Waals surface area contributed by atoms with Crippen LogP contribution in [0.5, 0.6) is 0 Å². The van der Waals surface area contributed by atoms with Gasteiger partial charge in [0.1, 0.15) is 0 Å². The van der Waals surface area contributed by atoms with Crippen LogP contribution in [0.1, 0.15) is 33.6 Å². The Morgan fingerprint density at radius 3 is 2.64 bits per heavy atom. The fourth-order valence-corrected chi connectivity index (χ4v) is 1.99. The van der Waals surface area contributed by atoms with Gasteiger partial charge in [0.15, 0.2) is 0 Å². The van der Waals surface area contributed by atoms with Gasteiger partial charge in [-0.3, -0.25) is 4.79 Å². The van der Waals surface area contributed by atoms with Crippen molar-refractivity contribution in [1.29, 1.82) is 0 Å². The molecule has 0 aromatic rings. The van der Waals surface area contributed by atoms with Gasteiger partial charge in [0, 0.05) is 19.0 Å². The Balaban J connectivity index is 2.47. The molecule has 0 saturated carbocycles. The zero-order chi connectivity index (χ0) is 10.8. The third-order valence-electron chi connectivity index (χ3n) is 3.01. The Labute approximate surface area is 86.6 Å². The molecule has 1 heterocycles. The average Bonchev–Trinajstić information content (AvgIpc) is 2.45. The zero-order valence-corrected chi connectivity index (χ0v) is 9.55. The van der Waals surface area contributed by atoms with Crippen molar-refractivity contribution in [2.24, 2.45) is 17.1 Å². The summed E-state index contributed by atoms with van der Waals surface area (Å²) in [6, 6.07) is 0. The number of carbonyl (C=O) groups is 1. The number of hydrogen-bond donors (Lipinski definition) is 1. The van der Waals surface area contributed by atoms with Crippen LogP contribution in [0.2, 0.25) is 0 Å². The minimum absolute atomic E-state index is 0.0916. The number of carbonyl (C=O) groups excluding carboxylic acids is 1. The van der Waals surface area contributed by atoms with Crippen molar-refractivity contribution in [3.63, 3.8) is 0 Å². The maximum atomic E-state index is 11.9. The molecule has 0 aromatic heterocycles. The monoisotopic (exact) mass is 198 g/mol. The van der Waals surface area contributed by atoms with Crippen molar-refractivity contribution in [3.8, 4) is 0 Å². The van der Waals surface area contributed by atoms with E-state index >= 15 is 0 Å². The molecule has 2 N–H and O–H groups in total. The van der Waals surface area contributed by atoms with E-state index in [1.54, 1.807) is 0 Å². The zero-order valence-electron chi connectivity index (χ0n) is 9.55. The molecule has 1 fully saturated rings. The van der Waals surface area contributed by atoms with Crippen LogP contribution >= 0.6 is 0 Å². The third-order valence-corrected chi connectivity index (χ3v) is 3.01. The van der Waals surface area contributed by atoms with Gasteiger partial charge in [0.2, 0.25) is 5.91 Å². The first-order valence-corrected chi connectivity index (χ1v) is 5.45. The molecule has 1 unspecified atom stereocenters. The first-order valence-electron chi connectivity index (χ1n) is 5.45. The molecule has 0 spiro atoms. The Morgan fingerprint density at radius 1 is 1.57 bits per heavy atom. The van der Waals surface area contributed by atoms with Gasteiger partial charge in [-0.2, -0.15) is 0 Å². The second-order valence-electron chi connectivity index (χ2n) is 5.15. The lowest BCUT2D eigenvalue weighted by molar-refractivity contribution is -0.134. The Bertz CT molecular complexity index is 213. The lowest BCUT2D eigenvalue weighted by atomic mass is 9.93. The molecule has 0 radical (unpaired) electrons. The number of likely N-dealkylation sites (tertiary alicyclic amines) is 1. The van der Waals surface area contributed by atoms with Crippen LogP contribution in [0, 0.1) is 11.3 Å². The normalized spacial score (nSPS) is 22.4. The SMILES string of the molecule is CC(CCN)C(=O)N1CCC(C)(C)C1. The van der Waals surface area contributed by atoms with Crippen LogP contribution < -0.4 is 5.73 Å². The molecule has 3 heteroatoms. The second-order valence-corrected chi connectivity index (χ2v) is 5.15. The molecule has 1 aliphatic rings. The fourth-order valence-electron chi connectivity index (χ4n) is 1.99. The highest BCUT2D eigenvalue weighted by Gasteiger charge is 2.33. The topological polar surface area (TPSA) is 46.3 Å². The molecule has 0 aliphatic carbocycles. The fraction of sp³-hybridized carbons (Fsp3) is 0.909. The predicted octanol–water partition coefficient (Wildman–Crippen LogP) is 1.23. The van der Waals surface area contributed by atoms with Crippen LogP contribution in [0.4, 0.5) is 0 Å². The smallest absolute Gasteiger partial charge is 0.225 e. The van der Waals surface area contributed by atoms with Crippen LogP contribution in [0.3, 0.4) is 0 Å². The highest BCUT2D eigenvalue weighted by Crippen LogP contribution is 2.29. The van der Waals surface area contributed by atoms with Crippen molar-refractivity contribution in [2.45, 2.75) is 33.6 Å². The quantitative estimate of drug-likeness (QED) is 0.741. The van der Waals surface area contributed by atoms with Crippen LogP contribution in [-0.4, -0.2) is 30.4 Å². The van der Waals surface area contributed by atoms with Crippen LogP contribution in [0.25, 0.3) is 0 Å². The van der Waals surface area contributed by atoms with Gasteiger partial charge < -0.3 is 10.6 Å². The molecular weight excluding hydrogens is 176 g/mol. The number of amides is 1.